The van der Waals surface area contributed by atoms with E-state index in [1.807, 2.05) is 6.92 Å². The van der Waals surface area contributed by atoms with Gasteiger partial charge in [-0.2, -0.15) is 13.2 Å². The molecular weight excluding hydrogens is 305 g/mol. The van der Waals surface area contributed by atoms with E-state index < -0.39 is 21.8 Å². The lowest BCUT2D eigenvalue weighted by Gasteiger charge is -2.15. The van der Waals surface area contributed by atoms with Gasteiger partial charge in [-0.25, -0.2) is 13.1 Å². The molecular formula is C13H19F3N2O2S. The van der Waals surface area contributed by atoms with Crippen molar-refractivity contribution in [1.82, 2.24) is 4.72 Å². The molecule has 3 N–H and O–H groups in total. The summed E-state index contributed by atoms with van der Waals surface area (Å²) < 4.78 is 64.2. The third kappa shape index (κ3) is 5.29. The van der Waals surface area contributed by atoms with E-state index in [9.17, 15) is 21.6 Å². The van der Waals surface area contributed by atoms with Gasteiger partial charge in [-0.15, -0.1) is 0 Å². The topological polar surface area (TPSA) is 72.2 Å². The molecule has 8 heteroatoms. The molecule has 0 aromatic heterocycles. The minimum atomic E-state index is -4.57. The Hall–Kier alpha value is -1.12. The van der Waals surface area contributed by atoms with Crippen LogP contribution in [0.3, 0.4) is 0 Å². The molecule has 0 amide bonds. The van der Waals surface area contributed by atoms with Gasteiger partial charge in [0, 0.05) is 6.54 Å². The molecule has 0 radical (unpaired) electrons. The second-order valence-corrected chi connectivity index (χ2v) is 6.50. The van der Waals surface area contributed by atoms with E-state index in [4.69, 9.17) is 5.73 Å². The number of rotatable bonds is 7. The summed E-state index contributed by atoms with van der Waals surface area (Å²) in [5.41, 5.74) is 4.43. The van der Waals surface area contributed by atoms with Gasteiger partial charge in [-0.05, 0) is 37.1 Å². The van der Waals surface area contributed by atoms with Crippen molar-refractivity contribution in [1.29, 1.82) is 0 Å². The van der Waals surface area contributed by atoms with E-state index >= 15 is 0 Å². The molecule has 0 fully saturated rings. The molecule has 0 bridgehead atoms. The van der Waals surface area contributed by atoms with Gasteiger partial charge in [-0.3, -0.25) is 0 Å². The zero-order valence-electron chi connectivity index (χ0n) is 11.7. The molecule has 0 aliphatic rings. The van der Waals surface area contributed by atoms with E-state index in [1.165, 1.54) is 0 Å². The fourth-order valence-electron chi connectivity index (χ4n) is 1.84. The average molecular weight is 324 g/mol. The molecule has 0 saturated heterocycles. The second-order valence-electron chi connectivity index (χ2n) is 4.73. The predicted octanol–water partition coefficient (Wildman–Crippen LogP) is 2.36. The number of benzene rings is 1. The highest BCUT2D eigenvalue weighted by Gasteiger charge is 2.31. The Morgan fingerprint density at radius 3 is 2.52 bits per heavy atom. The summed E-state index contributed by atoms with van der Waals surface area (Å²) in [5, 5.41) is 0. The van der Waals surface area contributed by atoms with Crippen molar-refractivity contribution < 1.29 is 21.6 Å². The Balaban J connectivity index is 2.88. The first-order valence-corrected chi connectivity index (χ1v) is 8.06. The van der Waals surface area contributed by atoms with Crippen LogP contribution in [0.1, 0.15) is 25.3 Å². The number of nitrogens with one attached hydrogen (secondary N) is 1. The fraction of sp³-hybridized carbons (Fsp3) is 0.538. The van der Waals surface area contributed by atoms with Gasteiger partial charge in [0.05, 0.1) is 10.5 Å². The lowest BCUT2D eigenvalue weighted by Crippen LogP contribution is -2.30. The third-order valence-electron chi connectivity index (χ3n) is 3.19. The molecule has 4 nitrogen and oxygen atoms in total. The third-order valence-corrected chi connectivity index (χ3v) is 4.61. The summed E-state index contributed by atoms with van der Waals surface area (Å²) >= 11 is 0. The number of nitrogens with two attached hydrogens (primary N) is 1. The normalized spacial score (nSPS) is 14.1. The maximum Gasteiger partial charge on any atom is 0.416 e. The Kier molecular flexibility index (Phi) is 6.18. The van der Waals surface area contributed by atoms with Gasteiger partial charge in [0.25, 0.3) is 0 Å². The number of hydrogen-bond acceptors (Lipinski definition) is 3. The van der Waals surface area contributed by atoms with E-state index in [0.717, 1.165) is 24.6 Å². The van der Waals surface area contributed by atoms with E-state index in [2.05, 4.69) is 4.72 Å². The maximum atomic E-state index is 12.6. The van der Waals surface area contributed by atoms with Crippen molar-refractivity contribution >= 4 is 10.0 Å². The van der Waals surface area contributed by atoms with Gasteiger partial charge in [0.2, 0.25) is 10.0 Å². The summed E-state index contributed by atoms with van der Waals surface area (Å²) in [6.45, 7) is 2.50. The van der Waals surface area contributed by atoms with Crippen LogP contribution in [0.15, 0.2) is 29.2 Å². The largest absolute Gasteiger partial charge is 0.416 e. The smallest absolute Gasteiger partial charge is 0.330 e. The van der Waals surface area contributed by atoms with Gasteiger partial charge in [0.15, 0.2) is 0 Å². The average Bonchev–Trinajstić information content (AvgIpc) is 2.42. The van der Waals surface area contributed by atoms with Crippen LogP contribution in [0, 0.1) is 5.92 Å². The minimum absolute atomic E-state index is 0.0653. The van der Waals surface area contributed by atoms with Crippen LogP contribution < -0.4 is 10.5 Å². The molecule has 0 spiro atoms. The lowest BCUT2D eigenvalue weighted by atomic mass is 10.0. The summed E-state index contributed by atoms with van der Waals surface area (Å²) in [4.78, 5) is -0.389. The van der Waals surface area contributed by atoms with Crippen molar-refractivity contribution in [2.24, 2.45) is 11.7 Å². The molecule has 120 valence electrons. The maximum absolute atomic E-state index is 12.6. The van der Waals surface area contributed by atoms with Crippen LogP contribution >= 0.6 is 0 Å². The molecule has 0 aliphatic heterocycles. The van der Waals surface area contributed by atoms with Gasteiger partial charge >= 0.3 is 6.18 Å². The second kappa shape index (κ2) is 7.24. The van der Waals surface area contributed by atoms with Gasteiger partial charge < -0.3 is 5.73 Å². The first kappa shape index (κ1) is 17.9. The molecule has 0 saturated carbocycles. The van der Waals surface area contributed by atoms with Gasteiger partial charge in [0.1, 0.15) is 0 Å². The molecule has 1 atom stereocenters. The molecule has 0 heterocycles. The Morgan fingerprint density at radius 1 is 1.33 bits per heavy atom. The van der Waals surface area contributed by atoms with Crippen molar-refractivity contribution in [3.63, 3.8) is 0 Å². The van der Waals surface area contributed by atoms with Crippen molar-refractivity contribution in [3.05, 3.63) is 29.8 Å². The zero-order valence-corrected chi connectivity index (χ0v) is 12.5. The fourth-order valence-corrected chi connectivity index (χ4v) is 3.00. The van der Waals surface area contributed by atoms with Crippen LogP contribution in [0.2, 0.25) is 0 Å². The number of hydrogen-bond donors (Lipinski definition) is 2. The Labute approximate surface area is 122 Å². The quantitative estimate of drug-likeness (QED) is 0.809. The van der Waals surface area contributed by atoms with Crippen molar-refractivity contribution in [2.45, 2.75) is 30.8 Å². The first-order valence-electron chi connectivity index (χ1n) is 6.57. The van der Waals surface area contributed by atoms with Crippen LogP contribution in [0.25, 0.3) is 0 Å². The SMILES string of the molecule is CCC(CCN)CNS(=O)(=O)c1cccc(C(F)(F)F)c1. The minimum Gasteiger partial charge on any atom is -0.330 e. The molecule has 1 aromatic rings. The van der Waals surface area contributed by atoms with Crippen LogP contribution in [-0.4, -0.2) is 21.5 Å². The van der Waals surface area contributed by atoms with Crippen LogP contribution in [0.5, 0.6) is 0 Å². The molecule has 1 unspecified atom stereocenters. The standard InChI is InChI=1S/C13H19F3N2O2S/c1-2-10(6-7-17)9-18-21(19,20)12-5-3-4-11(8-12)13(14,15)16/h3-5,8,10,18H,2,6-7,9,17H2,1H3. The highest BCUT2D eigenvalue weighted by Crippen LogP contribution is 2.30. The summed E-state index contributed by atoms with van der Waals surface area (Å²) in [7, 11) is -3.96. The predicted molar refractivity (Wildman–Crippen MR) is 74.1 cm³/mol. The summed E-state index contributed by atoms with van der Waals surface area (Å²) in [5.74, 6) is 0.0653. The summed E-state index contributed by atoms with van der Waals surface area (Å²) in [6, 6.07) is 3.69. The molecule has 1 aromatic carbocycles. The number of sulfonamides is 1. The molecule has 0 aliphatic carbocycles. The monoisotopic (exact) mass is 324 g/mol. The van der Waals surface area contributed by atoms with E-state index in [1.54, 1.807) is 0 Å². The highest BCUT2D eigenvalue weighted by atomic mass is 32.2. The number of alkyl halides is 3. The zero-order chi connectivity index (χ0) is 16.1. The lowest BCUT2D eigenvalue weighted by molar-refractivity contribution is -0.137. The van der Waals surface area contributed by atoms with E-state index in [-0.39, 0.29) is 17.4 Å². The van der Waals surface area contributed by atoms with Crippen LogP contribution in [0.4, 0.5) is 13.2 Å². The summed E-state index contributed by atoms with van der Waals surface area (Å²) in [6.07, 6.45) is -3.18. The molecule has 1 rings (SSSR count). The van der Waals surface area contributed by atoms with Crippen molar-refractivity contribution in [2.75, 3.05) is 13.1 Å². The van der Waals surface area contributed by atoms with Gasteiger partial charge in [-0.1, -0.05) is 19.4 Å². The molecule has 21 heavy (non-hydrogen) atoms. The number of halogens is 3. The van der Waals surface area contributed by atoms with E-state index in [0.29, 0.717) is 19.0 Å². The Morgan fingerprint density at radius 2 is 2.00 bits per heavy atom. The van der Waals surface area contributed by atoms with Crippen molar-refractivity contribution in [3.8, 4) is 0 Å². The Bertz CT molecular complexity index is 559. The van der Waals surface area contributed by atoms with Crippen LogP contribution in [-0.2, 0) is 16.2 Å². The first-order chi connectivity index (χ1) is 9.70. The highest BCUT2D eigenvalue weighted by molar-refractivity contribution is 7.89.